The van der Waals surface area contributed by atoms with Crippen molar-refractivity contribution in [1.82, 2.24) is 0 Å². The van der Waals surface area contributed by atoms with Gasteiger partial charge in [0.25, 0.3) is 0 Å². The average Bonchev–Trinajstić information content (AvgIpc) is 2.13. The van der Waals surface area contributed by atoms with E-state index in [9.17, 15) is 0 Å². The zero-order chi connectivity index (χ0) is 13.7. The molecule has 0 unspecified atom stereocenters. The quantitative estimate of drug-likeness (QED) is 0.588. The lowest BCUT2D eigenvalue weighted by atomic mass is 9.98. The first-order valence-corrected chi connectivity index (χ1v) is 13.9. The topological polar surface area (TPSA) is 9.23 Å². The molecule has 1 nitrogen and oxygen atoms in total. The minimum atomic E-state index is -1.42. The van der Waals surface area contributed by atoms with Crippen LogP contribution in [-0.2, 0) is 4.43 Å². The minimum absolute atomic E-state index is 0.416. The fourth-order valence-corrected chi connectivity index (χ4v) is 3.94. The summed E-state index contributed by atoms with van der Waals surface area (Å²) in [5.41, 5.74) is 2.47. The molecule has 0 saturated heterocycles. The third-order valence-corrected chi connectivity index (χ3v) is 4.90. The summed E-state index contributed by atoms with van der Waals surface area (Å²) < 4.78 is 6.31. The summed E-state index contributed by atoms with van der Waals surface area (Å²) in [7, 11) is -2.50. The SMILES string of the molecule is CC[C@H](/C=C\[Si](C)(C)C)[C@@H](CC)O[Si](C)(C)C. The second-order valence-corrected chi connectivity index (χ2v) is 16.5. The molecule has 0 rings (SSSR count). The zero-order valence-corrected chi connectivity index (χ0v) is 15.1. The van der Waals surface area contributed by atoms with Gasteiger partial charge in [-0.15, -0.1) is 0 Å². The molecule has 0 aromatic rings. The Hall–Kier alpha value is 0.134. The fraction of sp³-hybridized carbons (Fsp3) is 0.857. The lowest BCUT2D eigenvalue weighted by Crippen LogP contribution is -2.35. The van der Waals surface area contributed by atoms with Crippen molar-refractivity contribution in [2.24, 2.45) is 5.92 Å². The number of hydrogen-bond acceptors (Lipinski definition) is 1. The molecule has 0 spiro atoms. The Morgan fingerprint density at radius 3 is 1.76 bits per heavy atom. The minimum Gasteiger partial charge on any atom is -0.414 e. The molecule has 17 heavy (non-hydrogen) atoms. The smallest absolute Gasteiger partial charge is 0.184 e. The summed E-state index contributed by atoms with van der Waals surface area (Å²) in [6.45, 7) is 18.5. The highest BCUT2D eigenvalue weighted by atomic mass is 28.4. The van der Waals surface area contributed by atoms with E-state index in [2.05, 4.69) is 64.9 Å². The number of hydrogen-bond donors (Lipinski definition) is 0. The maximum Gasteiger partial charge on any atom is 0.184 e. The van der Waals surface area contributed by atoms with Gasteiger partial charge in [0.15, 0.2) is 8.32 Å². The molecule has 0 fully saturated rings. The molecule has 0 aliphatic carbocycles. The van der Waals surface area contributed by atoms with Gasteiger partial charge in [-0.3, -0.25) is 0 Å². The fourth-order valence-electron chi connectivity index (χ4n) is 1.86. The van der Waals surface area contributed by atoms with Gasteiger partial charge in [0, 0.05) is 5.92 Å². The van der Waals surface area contributed by atoms with Crippen molar-refractivity contribution in [3.63, 3.8) is 0 Å². The largest absolute Gasteiger partial charge is 0.414 e. The van der Waals surface area contributed by atoms with Crippen molar-refractivity contribution in [2.75, 3.05) is 0 Å². The van der Waals surface area contributed by atoms with Gasteiger partial charge in [0.1, 0.15) is 0 Å². The number of rotatable bonds is 7. The molecule has 0 aliphatic rings. The molecule has 3 heteroatoms. The van der Waals surface area contributed by atoms with Gasteiger partial charge < -0.3 is 4.43 Å². The van der Waals surface area contributed by atoms with Gasteiger partial charge in [0.2, 0.25) is 0 Å². The lowest BCUT2D eigenvalue weighted by Gasteiger charge is -2.30. The standard InChI is InChI=1S/C14H32OSi2/c1-9-13(11-12-16(3,4)5)14(10-2)15-17(6,7)8/h11-14H,9-10H2,1-8H3/b12-11-/t13-,14-/m1/s1. The van der Waals surface area contributed by atoms with E-state index >= 15 is 0 Å². The molecule has 0 aromatic carbocycles. The van der Waals surface area contributed by atoms with Gasteiger partial charge in [-0.1, -0.05) is 45.3 Å². The first-order chi connectivity index (χ1) is 7.59. The van der Waals surface area contributed by atoms with Crippen LogP contribution in [0, 0.1) is 5.92 Å². The third kappa shape index (κ3) is 8.80. The van der Waals surface area contributed by atoms with Crippen molar-refractivity contribution in [2.45, 2.75) is 72.1 Å². The Kier molecular flexibility index (Phi) is 6.96. The van der Waals surface area contributed by atoms with E-state index in [1.807, 2.05) is 0 Å². The Morgan fingerprint density at radius 1 is 0.941 bits per heavy atom. The molecule has 0 heterocycles. The molecular formula is C14H32OSi2. The van der Waals surface area contributed by atoms with Crippen molar-refractivity contribution in [3.8, 4) is 0 Å². The molecular weight excluding hydrogens is 240 g/mol. The Morgan fingerprint density at radius 2 is 1.47 bits per heavy atom. The summed E-state index contributed by atoms with van der Waals surface area (Å²) in [5, 5.41) is 0. The molecule has 0 aliphatic heterocycles. The van der Waals surface area contributed by atoms with Gasteiger partial charge in [-0.05, 0) is 32.5 Å². The lowest BCUT2D eigenvalue weighted by molar-refractivity contribution is 0.142. The van der Waals surface area contributed by atoms with Crippen LogP contribution in [0.1, 0.15) is 26.7 Å². The van der Waals surface area contributed by atoms with E-state index in [0.717, 1.165) is 6.42 Å². The van der Waals surface area contributed by atoms with Gasteiger partial charge in [-0.25, -0.2) is 0 Å². The molecule has 0 aromatic heterocycles. The second kappa shape index (κ2) is 6.90. The first-order valence-electron chi connectivity index (χ1n) is 6.96. The second-order valence-electron chi connectivity index (χ2n) is 6.97. The summed E-state index contributed by atoms with van der Waals surface area (Å²) >= 11 is 0. The van der Waals surface area contributed by atoms with Crippen LogP contribution in [0.5, 0.6) is 0 Å². The van der Waals surface area contributed by atoms with Crippen molar-refractivity contribution in [3.05, 3.63) is 11.8 Å². The van der Waals surface area contributed by atoms with E-state index in [-0.39, 0.29) is 0 Å². The van der Waals surface area contributed by atoms with Crippen molar-refractivity contribution < 1.29 is 4.43 Å². The van der Waals surface area contributed by atoms with Crippen LogP contribution in [0.2, 0.25) is 39.3 Å². The van der Waals surface area contributed by atoms with E-state index in [0.29, 0.717) is 12.0 Å². The van der Waals surface area contributed by atoms with E-state index < -0.39 is 16.4 Å². The maximum absolute atomic E-state index is 6.31. The first kappa shape index (κ1) is 17.1. The Balaban J connectivity index is 4.66. The van der Waals surface area contributed by atoms with Crippen molar-refractivity contribution in [1.29, 1.82) is 0 Å². The van der Waals surface area contributed by atoms with E-state index in [4.69, 9.17) is 4.43 Å². The maximum atomic E-state index is 6.31. The van der Waals surface area contributed by atoms with E-state index in [1.165, 1.54) is 6.42 Å². The monoisotopic (exact) mass is 272 g/mol. The molecule has 0 amide bonds. The molecule has 0 bridgehead atoms. The van der Waals surface area contributed by atoms with Gasteiger partial charge in [0.05, 0.1) is 14.2 Å². The average molecular weight is 273 g/mol. The summed E-state index contributed by atoms with van der Waals surface area (Å²) in [4.78, 5) is 0. The summed E-state index contributed by atoms with van der Waals surface area (Å²) in [5.74, 6) is 0.596. The third-order valence-electron chi connectivity index (χ3n) is 2.70. The predicted octanol–water partition coefficient (Wildman–Crippen LogP) is 5.08. The zero-order valence-electron chi connectivity index (χ0n) is 13.1. The highest BCUT2D eigenvalue weighted by Gasteiger charge is 2.24. The predicted molar refractivity (Wildman–Crippen MR) is 84.8 cm³/mol. The summed E-state index contributed by atoms with van der Waals surface area (Å²) in [6, 6.07) is 0. The van der Waals surface area contributed by atoms with Gasteiger partial charge >= 0.3 is 0 Å². The van der Waals surface area contributed by atoms with Crippen molar-refractivity contribution >= 4 is 16.4 Å². The van der Waals surface area contributed by atoms with Crippen LogP contribution in [-0.4, -0.2) is 22.5 Å². The molecule has 102 valence electrons. The van der Waals surface area contributed by atoms with Crippen LogP contribution >= 0.6 is 0 Å². The van der Waals surface area contributed by atoms with Crippen LogP contribution in [0.15, 0.2) is 11.8 Å². The summed E-state index contributed by atoms with van der Waals surface area (Å²) in [6.07, 6.45) is 5.16. The van der Waals surface area contributed by atoms with Crippen LogP contribution in [0.25, 0.3) is 0 Å². The van der Waals surface area contributed by atoms with E-state index in [1.54, 1.807) is 0 Å². The highest BCUT2D eigenvalue weighted by molar-refractivity contribution is 6.80. The highest BCUT2D eigenvalue weighted by Crippen LogP contribution is 2.22. The normalized spacial score (nSPS) is 17.4. The Bertz CT molecular complexity index is 236. The molecule has 2 atom stereocenters. The molecule has 0 saturated carbocycles. The van der Waals surface area contributed by atoms with Crippen LogP contribution in [0.3, 0.4) is 0 Å². The molecule has 0 radical (unpaired) electrons. The van der Waals surface area contributed by atoms with Crippen LogP contribution < -0.4 is 0 Å². The van der Waals surface area contributed by atoms with Crippen LogP contribution in [0.4, 0.5) is 0 Å². The Labute approximate surface area is 111 Å². The molecule has 0 N–H and O–H groups in total. The van der Waals surface area contributed by atoms with Gasteiger partial charge in [-0.2, -0.15) is 0 Å².